The van der Waals surface area contributed by atoms with Crippen molar-refractivity contribution in [1.82, 2.24) is 10.2 Å². The molecule has 0 spiro atoms. The Morgan fingerprint density at radius 1 is 1.60 bits per heavy atom. The fourth-order valence-corrected chi connectivity index (χ4v) is 2.32. The Labute approximate surface area is 123 Å². The number of benzene rings is 1. The van der Waals surface area contributed by atoms with Crippen molar-refractivity contribution in [3.63, 3.8) is 0 Å². The van der Waals surface area contributed by atoms with Crippen LogP contribution in [0.1, 0.15) is 6.42 Å². The highest BCUT2D eigenvalue weighted by Gasteiger charge is 2.29. The standard InChI is InChI=1S/C14H19ClN2O3/c1-17(14(19)13-8-11(18)9-16-13)5-6-20-12-4-2-3-10(15)7-12/h2-4,7,11,13,16,18H,5-6,8-9H2,1H3/t11-,13+/m1/s1. The van der Waals surface area contributed by atoms with Gasteiger partial charge < -0.3 is 20.1 Å². The molecule has 5 nitrogen and oxygen atoms in total. The molecule has 2 rings (SSSR count). The third-order valence-electron chi connectivity index (χ3n) is 3.27. The molecule has 0 saturated carbocycles. The molecule has 1 aliphatic heterocycles. The maximum absolute atomic E-state index is 12.1. The number of β-amino-alcohol motifs (C(OH)–C–C–N with tert-alkyl or cyclic N) is 1. The van der Waals surface area contributed by atoms with Gasteiger partial charge in [-0.2, -0.15) is 0 Å². The van der Waals surface area contributed by atoms with Gasteiger partial charge in [0, 0.05) is 18.6 Å². The molecule has 1 aliphatic rings. The fourth-order valence-electron chi connectivity index (χ4n) is 2.14. The van der Waals surface area contributed by atoms with Gasteiger partial charge in [0.15, 0.2) is 0 Å². The first-order valence-corrected chi connectivity index (χ1v) is 6.99. The first-order chi connectivity index (χ1) is 9.56. The Morgan fingerprint density at radius 3 is 3.05 bits per heavy atom. The average molecular weight is 299 g/mol. The van der Waals surface area contributed by atoms with E-state index in [9.17, 15) is 9.90 Å². The molecule has 1 aromatic carbocycles. The van der Waals surface area contributed by atoms with E-state index in [0.29, 0.717) is 36.9 Å². The van der Waals surface area contributed by atoms with Crippen LogP contribution in [0.25, 0.3) is 0 Å². The van der Waals surface area contributed by atoms with Gasteiger partial charge in [-0.15, -0.1) is 0 Å². The number of likely N-dealkylation sites (N-methyl/N-ethyl adjacent to an activating group) is 1. The number of hydrogen-bond acceptors (Lipinski definition) is 4. The minimum absolute atomic E-state index is 0.0174. The van der Waals surface area contributed by atoms with Gasteiger partial charge in [0.2, 0.25) is 5.91 Å². The van der Waals surface area contributed by atoms with Gasteiger partial charge in [-0.3, -0.25) is 4.79 Å². The van der Waals surface area contributed by atoms with Crippen LogP contribution >= 0.6 is 11.6 Å². The molecule has 1 aromatic rings. The number of nitrogens with one attached hydrogen (secondary N) is 1. The molecule has 2 atom stereocenters. The molecule has 2 N–H and O–H groups in total. The number of aliphatic hydroxyl groups excluding tert-OH is 1. The monoisotopic (exact) mass is 298 g/mol. The summed E-state index contributed by atoms with van der Waals surface area (Å²) in [6, 6.07) is 6.86. The normalized spacial score (nSPS) is 21.8. The van der Waals surface area contributed by atoms with Gasteiger partial charge in [0.05, 0.1) is 18.7 Å². The van der Waals surface area contributed by atoms with E-state index in [1.54, 1.807) is 24.1 Å². The molecule has 0 aliphatic carbocycles. The van der Waals surface area contributed by atoms with Crippen molar-refractivity contribution >= 4 is 17.5 Å². The van der Waals surface area contributed by atoms with Gasteiger partial charge in [-0.25, -0.2) is 0 Å². The van der Waals surface area contributed by atoms with E-state index < -0.39 is 6.10 Å². The lowest BCUT2D eigenvalue weighted by molar-refractivity contribution is -0.132. The first-order valence-electron chi connectivity index (χ1n) is 6.61. The maximum atomic E-state index is 12.1. The zero-order chi connectivity index (χ0) is 14.5. The smallest absolute Gasteiger partial charge is 0.239 e. The summed E-state index contributed by atoms with van der Waals surface area (Å²) < 4.78 is 5.54. The minimum Gasteiger partial charge on any atom is -0.492 e. The number of carbonyl (C=O) groups excluding carboxylic acids is 1. The largest absolute Gasteiger partial charge is 0.492 e. The summed E-state index contributed by atoms with van der Waals surface area (Å²) in [5, 5.41) is 13.0. The quantitative estimate of drug-likeness (QED) is 0.848. The van der Waals surface area contributed by atoms with Crippen molar-refractivity contribution in [3.05, 3.63) is 29.3 Å². The van der Waals surface area contributed by atoms with Crippen LogP contribution < -0.4 is 10.1 Å². The molecular weight excluding hydrogens is 280 g/mol. The zero-order valence-electron chi connectivity index (χ0n) is 11.4. The van der Waals surface area contributed by atoms with Gasteiger partial charge >= 0.3 is 0 Å². The van der Waals surface area contributed by atoms with Crippen LogP contribution in [0.5, 0.6) is 5.75 Å². The third-order valence-corrected chi connectivity index (χ3v) is 3.51. The van der Waals surface area contributed by atoms with E-state index in [0.717, 1.165) is 0 Å². The van der Waals surface area contributed by atoms with E-state index in [-0.39, 0.29) is 11.9 Å². The third kappa shape index (κ3) is 4.10. The molecule has 1 saturated heterocycles. The molecule has 0 bridgehead atoms. The van der Waals surface area contributed by atoms with Crippen molar-refractivity contribution in [2.24, 2.45) is 0 Å². The van der Waals surface area contributed by atoms with E-state index in [1.807, 2.05) is 12.1 Å². The number of hydrogen-bond donors (Lipinski definition) is 2. The molecule has 110 valence electrons. The van der Waals surface area contributed by atoms with Crippen LogP contribution in [0.4, 0.5) is 0 Å². The number of ether oxygens (including phenoxy) is 1. The van der Waals surface area contributed by atoms with Crippen LogP contribution in [0, 0.1) is 0 Å². The van der Waals surface area contributed by atoms with E-state index in [1.165, 1.54) is 0 Å². The zero-order valence-corrected chi connectivity index (χ0v) is 12.1. The summed E-state index contributed by atoms with van der Waals surface area (Å²) >= 11 is 5.86. The highest BCUT2D eigenvalue weighted by atomic mass is 35.5. The maximum Gasteiger partial charge on any atom is 0.239 e. The number of rotatable bonds is 5. The van der Waals surface area contributed by atoms with E-state index in [4.69, 9.17) is 16.3 Å². The average Bonchev–Trinajstić information content (AvgIpc) is 2.84. The van der Waals surface area contributed by atoms with Crippen molar-refractivity contribution < 1.29 is 14.6 Å². The van der Waals surface area contributed by atoms with Gasteiger partial charge in [0.1, 0.15) is 12.4 Å². The highest BCUT2D eigenvalue weighted by Crippen LogP contribution is 2.17. The van der Waals surface area contributed by atoms with Gasteiger partial charge in [0.25, 0.3) is 0 Å². The summed E-state index contributed by atoms with van der Waals surface area (Å²) in [6.45, 7) is 1.36. The van der Waals surface area contributed by atoms with E-state index in [2.05, 4.69) is 5.32 Å². The summed E-state index contributed by atoms with van der Waals surface area (Å²) in [7, 11) is 1.73. The second-order valence-electron chi connectivity index (χ2n) is 4.92. The lowest BCUT2D eigenvalue weighted by Gasteiger charge is -2.21. The predicted octanol–water partition coefficient (Wildman–Crippen LogP) is 0.900. The molecule has 1 heterocycles. The van der Waals surface area contributed by atoms with Crippen molar-refractivity contribution in [2.45, 2.75) is 18.6 Å². The summed E-state index contributed by atoms with van der Waals surface area (Å²) in [4.78, 5) is 13.7. The van der Waals surface area contributed by atoms with Crippen molar-refractivity contribution in [3.8, 4) is 5.75 Å². The Hall–Kier alpha value is -1.30. The summed E-state index contributed by atoms with van der Waals surface area (Å²) in [5.41, 5.74) is 0. The molecule has 6 heteroatoms. The number of amides is 1. The lowest BCUT2D eigenvalue weighted by atomic mass is 10.2. The summed E-state index contributed by atoms with van der Waals surface area (Å²) in [6.07, 6.45) is 0.0401. The molecule has 0 unspecified atom stereocenters. The first kappa shape index (κ1) is 15.1. The highest BCUT2D eigenvalue weighted by molar-refractivity contribution is 6.30. The van der Waals surface area contributed by atoms with Gasteiger partial charge in [-0.05, 0) is 24.6 Å². The Kier molecular flexibility index (Phi) is 5.23. The molecular formula is C14H19ClN2O3. The molecule has 0 aromatic heterocycles. The van der Waals surface area contributed by atoms with Crippen molar-refractivity contribution in [2.75, 3.05) is 26.7 Å². The number of aliphatic hydroxyl groups is 1. The number of halogens is 1. The fraction of sp³-hybridized carbons (Fsp3) is 0.500. The summed E-state index contributed by atoms with van der Waals surface area (Å²) in [5.74, 6) is 0.670. The second kappa shape index (κ2) is 6.92. The van der Waals surface area contributed by atoms with E-state index >= 15 is 0 Å². The minimum atomic E-state index is -0.430. The Balaban J connectivity index is 1.74. The Morgan fingerprint density at radius 2 is 2.40 bits per heavy atom. The topological polar surface area (TPSA) is 61.8 Å². The molecule has 0 radical (unpaired) electrons. The molecule has 1 amide bonds. The van der Waals surface area contributed by atoms with Crippen LogP contribution in [-0.2, 0) is 4.79 Å². The molecule has 20 heavy (non-hydrogen) atoms. The second-order valence-corrected chi connectivity index (χ2v) is 5.35. The van der Waals surface area contributed by atoms with Crippen LogP contribution in [0.15, 0.2) is 24.3 Å². The predicted molar refractivity (Wildman–Crippen MR) is 77.0 cm³/mol. The number of nitrogens with zero attached hydrogens (tertiary/aromatic N) is 1. The number of carbonyl (C=O) groups is 1. The van der Waals surface area contributed by atoms with Gasteiger partial charge in [-0.1, -0.05) is 17.7 Å². The SMILES string of the molecule is CN(CCOc1cccc(Cl)c1)C(=O)[C@@H]1C[C@@H](O)CN1. The van der Waals surface area contributed by atoms with Crippen LogP contribution in [0.3, 0.4) is 0 Å². The Bertz CT molecular complexity index is 469. The van der Waals surface area contributed by atoms with Crippen LogP contribution in [0.2, 0.25) is 5.02 Å². The lowest BCUT2D eigenvalue weighted by Crippen LogP contribution is -2.43. The van der Waals surface area contributed by atoms with Crippen LogP contribution in [-0.4, -0.2) is 54.8 Å². The molecule has 1 fully saturated rings. The van der Waals surface area contributed by atoms with Crippen molar-refractivity contribution in [1.29, 1.82) is 0 Å².